The Bertz CT molecular complexity index is 564. The molecule has 100 valence electrons. The maximum atomic E-state index is 6.25. The fourth-order valence-electron chi connectivity index (χ4n) is 1.86. The fourth-order valence-corrected chi connectivity index (χ4v) is 3.25. The zero-order valence-corrected chi connectivity index (χ0v) is 12.7. The van der Waals surface area contributed by atoms with Crippen molar-refractivity contribution in [1.29, 1.82) is 0 Å². The van der Waals surface area contributed by atoms with Crippen LogP contribution in [0.1, 0.15) is 22.4 Å². The van der Waals surface area contributed by atoms with Gasteiger partial charge in [0.1, 0.15) is 0 Å². The van der Waals surface area contributed by atoms with Crippen LogP contribution in [0.5, 0.6) is 0 Å². The molecule has 0 saturated carbocycles. The number of aromatic nitrogens is 1. The molecule has 0 amide bonds. The Balaban J connectivity index is 2.10. The minimum absolute atomic E-state index is 0.520. The van der Waals surface area contributed by atoms with Crippen molar-refractivity contribution in [2.24, 2.45) is 5.73 Å². The van der Waals surface area contributed by atoms with Crippen LogP contribution in [-0.2, 0) is 12.3 Å². The first-order chi connectivity index (χ1) is 9.08. The van der Waals surface area contributed by atoms with Crippen LogP contribution in [0.25, 0.3) is 0 Å². The Kier molecular flexibility index (Phi) is 4.86. The summed E-state index contributed by atoms with van der Waals surface area (Å²) in [4.78, 5) is 4.51. The first-order valence-electron chi connectivity index (χ1n) is 6.14. The van der Waals surface area contributed by atoms with E-state index in [1.807, 2.05) is 25.1 Å². The van der Waals surface area contributed by atoms with Gasteiger partial charge in [0.05, 0.1) is 5.03 Å². The quantitative estimate of drug-likeness (QED) is 0.862. The van der Waals surface area contributed by atoms with E-state index in [0.29, 0.717) is 6.54 Å². The van der Waals surface area contributed by atoms with Crippen LogP contribution in [0, 0.1) is 13.8 Å². The summed E-state index contributed by atoms with van der Waals surface area (Å²) < 4.78 is 0. The first-order valence-corrected chi connectivity index (χ1v) is 7.50. The number of aryl methyl sites for hydroxylation is 2. The summed E-state index contributed by atoms with van der Waals surface area (Å²) in [6, 6.07) is 10.2. The molecule has 0 spiro atoms. The molecule has 0 aliphatic rings. The fraction of sp³-hybridized carbons (Fsp3) is 0.267. The summed E-state index contributed by atoms with van der Waals surface area (Å²) in [6.45, 7) is 4.62. The van der Waals surface area contributed by atoms with E-state index in [0.717, 1.165) is 32.6 Å². The molecule has 0 atom stereocenters. The average molecular weight is 293 g/mol. The maximum Gasteiger partial charge on any atom is 0.0968 e. The molecule has 19 heavy (non-hydrogen) atoms. The molecule has 0 saturated heterocycles. The van der Waals surface area contributed by atoms with Crippen LogP contribution >= 0.6 is 23.4 Å². The summed E-state index contributed by atoms with van der Waals surface area (Å²) >= 11 is 7.95. The van der Waals surface area contributed by atoms with Crippen molar-refractivity contribution < 1.29 is 0 Å². The molecule has 0 unspecified atom stereocenters. The van der Waals surface area contributed by atoms with Crippen molar-refractivity contribution in [2.75, 3.05) is 0 Å². The molecule has 0 aliphatic carbocycles. The van der Waals surface area contributed by atoms with Crippen LogP contribution in [0.15, 0.2) is 35.4 Å². The number of pyridine rings is 1. The third-order valence-electron chi connectivity index (χ3n) is 2.80. The van der Waals surface area contributed by atoms with Gasteiger partial charge in [0.25, 0.3) is 0 Å². The van der Waals surface area contributed by atoms with Gasteiger partial charge in [0.15, 0.2) is 0 Å². The van der Waals surface area contributed by atoms with Gasteiger partial charge in [-0.1, -0.05) is 23.7 Å². The summed E-state index contributed by atoms with van der Waals surface area (Å²) in [5.74, 6) is 0.819. The molecule has 2 N–H and O–H groups in total. The van der Waals surface area contributed by atoms with E-state index in [1.54, 1.807) is 11.8 Å². The second-order valence-corrected chi connectivity index (χ2v) is 5.95. The highest BCUT2D eigenvalue weighted by atomic mass is 35.5. The molecule has 0 radical (unpaired) electrons. The standard InChI is InChI=1S/C15H17ClN2S/c1-10-5-11(2)18-15(6-10)19-9-13-4-3-12(8-17)7-14(13)16/h3-7H,8-9,17H2,1-2H3. The lowest BCUT2D eigenvalue weighted by molar-refractivity contribution is 1.04. The topological polar surface area (TPSA) is 38.9 Å². The Morgan fingerprint density at radius 1 is 1.21 bits per heavy atom. The van der Waals surface area contributed by atoms with Gasteiger partial charge in [-0.25, -0.2) is 4.98 Å². The minimum Gasteiger partial charge on any atom is -0.326 e. The molecule has 2 aromatic rings. The van der Waals surface area contributed by atoms with Crippen LogP contribution < -0.4 is 5.73 Å². The summed E-state index contributed by atoms with van der Waals surface area (Å²) in [7, 11) is 0. The van der Waals surface area contributed by atoms with E-state index in [4.69, 9.17) is 17.3 Å². The molecule has 1 aromatic carbocycles. The summed E-state index contributed by atoms with van der Waals surface area (Å²) in [5.41, 5.74) is 10.1. The molecule has 4 heteroatoms. The van der Waals surface area contributed by atoms with Crippen LogP contribution in [-0.4, -0.2) is 4.98 Å². The number of hydrogen-bond acceptors (Lipinski definition) is 3. The van der Waals surface area contributed by atoms with Crippen molar-refractivity contribution in [3.05, 3.63) is 57.7 Å². The average Bonchev–Trinajstić information content (AvgIpc) is 2.36. The second kappa shape index (κ2) is 6.42. The van der Waals surface area contributed by atoms with E-state index >= 15 is 0 Å². The van der Waals surface area contributed by atoms with E-state index < -0.39 is 0 Å². The molecule has 2 nitrogen and oxygen atoms in total. The predicted octanol–water partition coefficient (Wildman–Crippen LogP) is 4.10. The van der Waals surface area contributed by atoms with E-state index in [9.17, 15) is 0 Å². The molecule has 0 bridgehead atoms. The van der Waals surface area contributed by atoms with E-state index in [-0.39, 0.29) is 0 Å². The smallest absolute Gasteiger partial charge is 0.0968 e. The molecular weight excluding hydrogens is 276 g/mol. The Morgan fingerprint density at radius 3 is 2.63 bits per heavy atom. The van der Waals surface area contributed by atoms with Gasteiger partial charge >= 0.3 is 0 Å². The Morgan fingerprint density at radius 2 is 2.00 bits per heavy atom. The van der Waals surface area contributed by atoms with Crippen molar-refractivity contribution in [1.82, 2.24) is 4.98 Å². The van der Waals surface area contributed by atoms with Gasteiger partial charge in [-0.2, -0.15) is 0 Å². The Labute approximate surface area is 123 Å². The highest BCUT2D eigenvalue weighted by Crippen LogP contribution is 2.27. The Hall–Kier alpha value is -1.03. The van der Waals surface area contributed by atoms with Gasteiger partial charge < -0.3 is 5.73 Å². The highest BCUT2D eigenvalue weighted by molar-refractivity contribution is 7.98. The zero-order chi connectivity index (χ0) is 13.8. The van der Waals surface area contributed by atoms with Crippen LogP contribution in [0.4, 0.5) is 0 Å². The number of benzene rings is 1. The van der Waals surface area contributed by atoms with E-state index in [2.05, 4.69) is 24.0 Å². The lowest BCUT2D eigenvalue weighted by Gasteiger charge is -2.07. The zero-order valence-electron chi connectivity index (χ0n) is 11.1. The lowest BCUT2D eigenvalue weighted by Crippen LogP contribution is -1.96. The number of hydrogen-bond donors (Lipinski definition) is 1. The number of rotatable bonds is 4. The number of halogens is 1. The third-order valence-corrected chi connectivity index (χ3v) is 4.12. The molecule has 1 aromatic heterocycles. The molecule has 1 heterocycles. The van der Waals surface area contributed by atoms with Gasteiger partial charge in [0.2, 0.25) is 0 Å². The molecule has 0 aliphatic heterocycles. The molecule has 0 fully saturated rings. The van der Waals surface area contributed by atoms with Gasteiger partial charge in [-0.3, -0.25) is 0 Å². The predicted molar refractivity (Wildman–Crippen MR) is 82.6 cm³/mol. The lowest BCUT2D eigenvalue weighted by atomic mass is 10.1. The van der Waals surface area contributed by atoms with Gasteiger partial charge in [-0.05, 0) is 48.7 Å². The van der Waals surface area contributed by atoms with E-state index in [1.165, 1.54) is 5.56 Å². The molecule has 2 rings (SSSR count). The van der Waals surface area contributed by atoms with Crippen molar-refractivity contribution in [3.8, 4) is 0 Å². The first kappa shape index (κ1) is 14.4. The normalized spacial score (nSPS) is 10.7. The largest absolute Gasteiger partial charge is 0.326 e. The van der Waals surface area contributed by atoms with Crippen LogP contribution in [0.2, 0.25) is 5.02 Å². The van der Waals surface area contributed by atoms with Crippen molar-refractivity contribution in [3.63, 3.8) is 0 Å². The summed E-state index contributed by atoms with van der Waals surface area (Å²) in [5, 5.41) is 1.82. The van der Waals surface area contributed by atoms with Crippen molar-refractivity contribution in [2.45, 2.75) is 31.2 Å². The number of nitrogens with zero attached hydrogens (tertiary/aromatic N) is 1. The van der Waals surface area contributed by atoms with Crippen molar-refractivity contribution >= 4 is 23.4 Å². The third kappa shape index (κ3) is 3.96. The SMILES string of the molecule is Cc1cc(C)nc(SCc2ccc(CN)cc2Cl)c1. The number of nitrogens with two attached hydrogens (primary N) is 1. The maximum absolute atomic E-state index is 6.25. The summed E-state index contributed by atoms with van der Waals surface area (Å²) in [6.07, 6.45) is 0. The minimum atomic E-state index is 0.520. The van der Waals surface area contributed by atoms with Gasteiger partial charge in [0, 0.05) is 23.0 Å². The van der Waals surface area contributed by atoms with Gasteiger partial charge in [-0.15, -0.1) is 11.8 Å². The highest BCUT2D eigenvalue weighted by Gasteiger charge is 2.04. The monoisotopic (exact) mass is 292 g/mol. The second-order valence-electron chi connectivity index (χ2n) is 4.54. The van der Waals surface area contributed by atoms with Crippen LogP contribution in [0.3, 0.4) is 0 Å². The molecular formula is C15H17ClN2S. The number of thioether (sulfide) groups is 1.